The molecular weight excluding hydrogens is 455 g/mol. The van der Waals surface area contributed by atoms with Crippen LogP contribution in [0.2, 0.25) is 0 Å². The molecular formula is C26H19FN2O6. The van der Waals surface area contributed by atoms with Gasteiger partial charge < -0.3 is 25.3 Å². The zero-order valence-corrected chi connectivity index (χ0v) is 18.2. The van der Waals surface area contributed by atoms with E-state index in [0.717, 1.165) is 0 Å². The van der Waals surface area contributed by atoms with Gasteiger partial charge in [-0.1, -0.05) is 12.1 Å². The molecule has 2 amide bonds. The maximum Gasteiger partial charge on any atom is 0.335 e. The van der Waals surface area contributed by atoms with E-state index >= 15 is 0 Å². The molecule has 8 nitrogen and oxygen atoms in total. The number of carboxylic acids is 1. The number of ether oxygens (including phenoxy) is 1. The van der Waals surface area contributed by atoms with Gasteiger partial charge >= 0.3 is 5.97 Å². The number of primary amides is 1. The van der Waals surface area contributed by atoms with Crippen molar-refractivity contribution >= 4 is 17.8 Å². The van der Waals surface area contributed by atoms with Crippen molar-refractivity contribution in [1.29, 1.82) is 0 Å². The topological polar surface area (TPSA) is 132 Å². The molecule has 0 fully saturated rings. The Balaban J connectivity index is 1.62. The van der Waals surface area contributed by atoms with Crippen LogP contribution in [-0.4, -0.2) is 22.9 Å². The molecule has 0 atom stereocenters. The third kappa shape index (κ3) is 5.53. The Labute approximate surface area is 198 Å². The monoisotopic (exact) mass is 474 g/mol. The van der Waals surface area contributed by atoms with Gasteiger partial charge in [-0.3, -0.25) is 9.59 Å². The molecule has 35 heavy (non-hydrogen) atoms. The zero-order chi connectivity index (χ0) is 24.9. The van der Waals surface area contributed by atoms with Crippen LogP contribution in [0.5, 0.6) is 11.5 Å². The fourth-order valence-corrected chi connectivity index (χ4v) is 3.25. The molecule has 0 spiro atoms. The minimum atomic E-state index is -1.04. The second kappa shape index (κ2) is 9.92. The number of nitrogens with one attached hydrogen (secondary N) is 1. The van der Waals surface area contributed by atoms with Gasteiger partial charge in [0.05, 0.1) is 11.1 Å². The normalized spacial score (nSPS) is 10.5. The summed E-state index contributed by atoms with van der Waals surface area (Å²) in [6.45, 7) is 0.130. The highest BCUT2D eigenvalue weighted by Crippen LogP contribution is 2.31. The summed E-state index contributed by atoms with van der Waals surface area (Å²) in [6, 6.07) is 19.1. The molecule has 0 aliphatic heterocycles. The second-order valence-corrected chi connectivity index (χ2v) is 7.48. The van der Waals surface area contributed by atoms with Gasteiger partial charge in [-0.2, -0.15) is 0 Å². The number of carbonyl (C=O) groups is 3. The molecule has 3 aromatic carbocycles. The van der Waals surface area contributed by atoms with Crippen molar-refractivity contribution in [3.8, 4) is 22.8 Å². The molecule has 9 heteroatoms. The molecule has 0 bridgehead atoms. The Morgan fingerprint density at radius 1 is 0.943 bits per heavy atom. The van der Waals surface area contributed by atoms with E-state index in [4.69, 9.17) is 20.0 Å². The predicted octanol–water partition coefficient (Wildman–Crippen LogP) is 4.61. The summed E-state index contributed by atoms with van der Waals surface area (Å²) >= 11 is 0. The number of carbonyl (C=O) groups excluding carboxylic acids is 2. The van der Waals surface area contributed by atoms with Crippen LogP contribution < -0.4 is 15.8 Å². The maximum atomic E-state index is 13.3. The first-order valence-electron chi connectivity index (χ1n) is 10.4. The Kier molecular flexibility index (Phi) is 6.59. The number of furan rings is 1. The number of halogens is 1. The molecule has 4 rings (SSSR count). The number of carboxylic acid groups (broad SMARTS) is 1. The average Bonchev–Trinajstić information content (AvgIpc) is 3.35. The lowest BCUT2D eigenvalue weighted by atomic mass is 10.1. The minimum absolute atomic E-state index is 0.0255. The van der Waals surface area contributed by atoms with Crippen molar-refractivity contribution in [3.05, 3.63) is 107 Å². The molecule has 4 aromatic rings. The highest BCUT2D eigenvalue weighted by atomic mass is 19.1. The molecule has 1 aromatic heterocycles. The van der Waals surface area contributed by atoms with Gasteiger partial charge in [-0.15, -0.1) is 0 Å². The van der Waals surface area contributed by atoms with Crippen molar-refractivity contribution in [1.82, 2.24) is 5.32 Å². The third-order valence-corrected chi connectivity index (χ3v) is 5.05. The molecule has 1 heterocycles. The maximum absolute atomic E-state index is 13.3. The largest absolute Gasteiger partial charge is 0.478 e. The van der Waals surface area contributed by atoms with E-state index in [-0.39, 0.29) is 29.2 Å². The molecule has 4 N–H and O–H groups in total. The summed E-state index contributed by atoms with van der Waals surface area (Å²) in [5.74, 6) is -1.84. The van der Waals surface area contributed by atoms with E-state index in [1.807, 2.05) is 0 Å². The molecule has 0 aliphatic carbocycles. The molecule has 0 unspecified atom stereocenters. The van der Waals surface area contributed by atoms with Crippen LogP contribution in [0.4, 0.5) is 4.39 Å². The summed E-state index contributed by atoms with van der Waals surface area (Å²) in [4.78, 5) is 35.5. The highest BCUT2D eigenvalue weighted by molar-refractivity contribution is 5.98. The van der Waals surface area contributed by atoms with Crippen molar-refractivity contribution in [3.63, 3.8) is 0 Å². The summed E-state index contributed by atoms with van der Waals surface area (Å²) in [5.41, 5.74) is 6.73. The van der Waals surface area contributed by atoms with E-state index in [1.165, 1.54) is 48.5 Å². The highest BCUT2D eigenvalue weighted by Gasteiger charge is 2.17. The summed E-state index contributed by atoms with van der Waals surface area (Å²) in [7, 11) is 0. The van der Waals surface area contributed by atoms with Gasteiger partial charge in [0, 0.05) is 12.1 Å². The van der Waals surface area contributed by atoms with E-state index < -0.39 is 23.6 Å². The van der Waals surface area contributed by atoms with Crippen LogP contribution in [0.1, 0.15) is 36.8 Å². The smallest absolute Gasteiger partial charge is 0.335 e. The molecule has 0 saturated heterocycles. The van der Waals surface area contributed by atoms with Crippen LogP contribution in [0, 0.1) is 5.82 Å². The number of benzene rings is 3. The van der Waals surface area contributed by atoms with Gasteiger partial charge in [-0.05, 0) is 72.3 Å². The lowest BCUT2D eigenvalue weighted by molar-refractivity contribution is 0.0696. The number of amides is 2. The Hall–Kier alpha value is -4.92. The first-order valence-corrected chi connectivity index (χ1v) is 10.4. The lowest BCUT2D eigenvalue weighted by Crippen LogP contribution is -2.23. The van der Waals surface area contributed by atoms with Crippen LogP contribution >= 0.6 is 0 Å². The van der Waals surface area contributed by atoms with E-state index in [9.17, 15) is 18.8 Å². The summed E-state index contributed by atoms with van der Waals surface area (Å²) in [6.07, 6.45) is 0. The van der Waals surface area contributed by atoms with Gasteiger partial charge in [0.1, 0.15) is 23.1 Å². The fraction of sp³-hybridized carbons (Fsp3) is 0.0385. The number of hydrogen-bond acceptors (Lipinski definition) is 5. The first-order chi connectivity index (χ1) is 16.8. The van der Waals surface area contributed by atoms with E-state index in [2.05, 4.69) is 5.32 Å². The van der Waals surface area contributed by atoms with Crippen LogP contribution in [0.25, 0.3) is 11.3 Å². The molecule has 0 saturated carbocycles. The standard InChI is InChI=1S/C26H19FN2O6/c27-18-6-8-19(9-7-18)34-22-10-5-17(21-11-12-23(35-21)24(28)30)13-20(22)25(31)29-14-15-1-3-16(4-2-15)26(32)33/h1-13H,14H2,(H2,28,30)(H,29,31)(H,32,33). The van der Waals surface area contributed by atoms with Crippen molar-refractivity contribution < 1.29 is 33.0 Å². The Morgan fingerprint density at radius 3 is 2.29 bits per heavy atom. The van der Waals surface area contributed by atoms with E-state index in [1.54, 1.807) is 30.3 Å². The Bertz CT molecular complexity index is 1390. The molecule has 0 radical (unpaired) electrons. The van der Waals surface area contributed by atoms with Gasteiger partial charge in [-0.25, -0.2) is 9.18 Å². The summed E-state index contributed by atoms with van der Waals surface area (Å²) < 4.78 is 24.5. The summed E-state index contributed by atoms with van der Waals surface area (Å²) in [5, 5.41) is 11.8. The molecule has 0 aliphatic rings. The average molecular weight is 474 g/mol. The SMILES string of the molecule is NC(=O)c1ccc(-c2ccc(Oc3ccc(F)cc3)c(C(=O)NCc3ccc(C(=O)O)cc3)c2)o1. The number of nitrogens with two attached hydrogens (primary N) is 1. The van der Waals surface area contributed by atoms with Gasteiger partial charge in [0.15, 0.2) is 5.76 Å². The van der Waals surface area contributed by atoms with Gasteiger partial charge in [0.25, 0.3) is 11.8 Å². The minimum Gasteiger partial charge on any atom is -0.478 e. The lowest BCUT2D eigenvalue weighted by Gasteiger charge is -2.13. The van der Waals surface area contributed by atoms with E-state index in [0.29, 0.717) is 22.6 Å². The van der Waals surface area contributed by atoms with Crippen LogP contribution in [-0.2, 0) is 6.54 Å². The number of aromatic carboxylic acids is 1. The third-order valence-electron chi connectivity index (χ3n) is 5.05. The number of rotatable bonds is 8. The van der Waals surface area contributed by atoms with Crippen molar-refractivity contribution in [2.24, 2.45) is 5.73 Å². The second-order valence-electron chi connectivity index (χ2n) is 7.48. The molecule has 176 valence electrons. The first kappa shape index (κ1) is 23.2. The Morgan fingerprint density at radius 2 is 1.66 bits per heavy atom. The quantitative estimate of drug-likeness (QED) is 0.342. The fourth-order valence-electron chi connectivity index (χ4n) is 3.25. The van der Waals surface area contributed by atoms with Crippen LogP contribution in [0.3, 0.4) is 0 Å². The van der Waals surface area contributed by atoms with Crippen LogP contribution in [0.15, 0.2) is 83.3 Å². The number of hydrogen-bond donors (Lipinski definition) is 3. The van der Waals surface area contributed by atoms with Crippen molar-refractivity contribution in [2.75, 3.05) is 0 Å². The zero-order valence-electron chi connectivity index (χ0n) is 18.2. The van der Waals surface area contributed by atoms with Gasteiger partial charge in [0.2, 0.25) is 0 Å². The van der Waals surface area contributed by atoms with Crippen molar-refractivity contribution in [2.45, 2.75) is 6.54 Å². The predicted molar refractivity (Wildman–Crippen MR) is 124 cm³/mol.